The van der Waals surface area contributed by atoms with Crippen molar-refractivity contribution < 1.29 is 0 Å². The third kappa shape index (κ3) is 4.10. The molecule has 0 aromatic heterocycles. The maximum Gasteiger partial charge on any atom is 0.0337 e. The van der Waals surface area contributed by atoms with Crippen LogP contribution in [0.2, 0.25) is 0 Å². The second-order valence-corrected chi connectivity index (χ2v) is 5.29. The van der Waals surface area contributed by atoms with Crippen LogP contribution in [0.5, 0.6) is 0 Å². The first-order chi connectivity index (χ1) is 9.69. The van der Waals surface area contributed by atoms with E-state index in [1.54, 1.807) is 0 Å². The SMILES string of the molecule is CNc1ccc(CNCCc2ccc(C)c(C)c2)cc1. The molecule has 20 heavy (non-hydrogen) atoms. The molecular weight excluding hydrogens is 244 g/mol. The van der Waals surface area contributed by atoms with E-state index in [4.69, 9.17) is 0 Å². The van der Waals surface area contributed by atoms with Gasteiger partial charge in [-0.05, 0) is 61.2 Å². The highest BCUT2D eigenvalue weighted by molar-refractivity contribution is 5.43. The highest BCUT2D eigenvalue weighted by Crippen LogP contribution is 2.10. The minimum atomic E-state index is 0.925. The maximum absolute atomic E-state index is 3.50. The molecule has 0 saturated carbocycles. The molecule has 0 amide bonds. The Morgan fingerprint density at radius 3 is 2.20 bits per heavy atom. The van der Waals surface area contributed by atoms with Crippen LogP contribution in [-0.4, -0.2) is 13.6 Å². The van der Waals surface area contributed by atoms with Gasteiger partial charge in [-0.2, -0.15) is 0 Å². The largest absolute Gasteiger partial charge is 0.388 e. The topological polar surface area (TPSA) is 24.1 Å². The van der Waals surface area contributed by atoms with Gasteiger partial charge in [0, 0.05) is 19.3 Å². The van der Waals surface area contributed by atoms with E-state index in [0.717, 1.165) is 25.2 Å². The zero-order chi connectivity index (χ0) is 14.4. The molecule has 2 rings (SSSR count). The lowest BCUT2D eigenvalue weighted by atomic mass is 10.0. The summed E-state index contributed by atoms with van der Waals surface area (Å²) in [5.74, 6) is 0. The summed E-state index contributed by atoms with van der Waals surface area (Å²) in [6, 6.07) is 15.3. The Morgan fingerprint density at radius 2 is 1.55 bits per heavy atom. The van der Waals surface area contributed by atoms with Gasteiger partial charge in [0.05, 0.1) is 0 Å². The second kappa shape index (κ2) is 7.11. The molecule has 0 unspecified atom stereocenters. The van der Waals surface area contributed by atoms with E-state index in [-0.39, 0.29) is 0 Å². The smallest absolute Gasteiger partial charge is 0.0337 e. The highest BCUT2D eigenvalue weighted by atomic mass is 14.8. The lowest BCUT2D eigenvalue weighted by Crippen LogP contribution is -2.16. The first-order valence-corrected chi connectivity index (χ1v) is 7.22. The van der Waals surface area contributed by atoms with Gasteiger partial charge in [-0.25, -0.2) is 0 Å². The van der Waals surface area contributed by atoms with Gasteiger partial charge < -0.3 is 10.6 Å². The Balaban J connectivity index is 1.76. The molecule has 0 atom stereocenters. The highest BCUT2D eigenvalue weighted by Gasteiger charge is 1.97. The summed E-state index contributed by atoms with van der Waals surface area (Å²) in [6.45, 7) is 6.27. The molecule has 0 bridgehead atoms. The van der Waals surface area contributed by atoms with E-state index in [1.807, 2.05) is 7.05 Å². The van der Waals surface area contributed by atoms with Gasteiger partial charge in [0.25, 0.3) is 0 Å². The fraction of sp³-hybridized carbons (Fsp3) is 0.333. The zero-order valence-electron chi connectivity index (χ0n) is 12.7. The van der Waals surface area contributed by atoms with Crippen LogP contribution in [0.3, 0.4) is 0 Å². The lowest BCUT2D eigenvalue weighted by Gasteiger charge is -2.08. The predicted octanol–water partition coefficient (Wildman–Crippen LogP) is 3.68. The Bertz CT molecular complexity index is 544. The molecule has 0 fully saturated rings. The van der Waals surface area contributed by atoms with E-state index in [0.29, 0.717) is 0 Å². The van der Waals surface area contributed by atoms with Crippen molar-refractivity contribution in [3.8, 4) is 0 Å². The average Bonchev–Trinajstić information content (AvgIpc) is 2.48. The third-order valence-electron chi connectivity index (χ3n) is 3.73. The van der Waals surface area contributed by atoms with Crippen LogP contribution < -0.4 is 10.6 Å². The summed E-state index contributed by atoms with van der Waals surface area (Å²) < 4.78 is 0. The molecule has 2 aromatic rings. The zero-order valence-corrected chi connectivity index (χ0v) is 12.7. The molecule has 106 valence electrons. The summed E-state index contributed by atoms with van der Waals surface area (Å²) in [4.78, 5) is 0. The quantitative estimate of drug-likeness (QED) is 0.781. The van der Waals surface area contributed by atoms with E-state index in [9.17, 15) is 0 Å². The predicted molar refractivity (Wildman–Crippen MR) is 87.3 cm³/mol. The van der Waals surface area contributed by atoms with Crippen molar-refractivity contribution in [3.63, 3.8) is 0 Å². The third-order valence-corrected chi connectivity index (χ3v) is 3.73. The summed E-state index contributed by atoms with van der Waals surface area (Å²) >= 11 is 0. The van der Waals surface area contributed by atoms with Gasteiger partial charge in [-0.1, -0.05) is 30.3 Å². The van der Waals surface area contributed by atoms with Crippen molar-refractivity contribution in [2.24, 2.45) is 0 Å². The standard InChI is InChI=1S/C18H24N2/c1-14-4-5-16(12-15(14)2)10-11-20-13-17-6-8-18(19-3)9-7-17/h4-9,12,19-20H,10-11,13H2,1-3H3. The Kier molecular flexibility index (Phi) is 5.19. The van der Waals surface area contributed by atoms with Crippen molar-refractivity contribution in [2.75, 3.05) is 18.9 Å². The molecule has 2 aromatic carbocycles. The first kappa shape index (κ1) is 14.6. The second-order valence-electron chi connectivity index (χ2n) is 5.29. The van der Waals surface area contributed by atoms with Gasteiger partial charge in [-0.3, -0.25) is 0 Å². The fourth-order valence-corrected chi connectivity index (χ4v) is 2.21. The van der Waals surface area contributed by atoms with Crippen molar-refractivity contribution in [2.45, 2.75) is 26.8 Å². The molecular formula is C18H24N2. The van der Waals surface area contributed by atoms with Crippen LogP contribution in [0.25, 0.3) is 0 Å². The maximum atomic E-state index is 3.50. The van der Waals surface area contributed by atoms with Crippen molar-refractivity contribution >= 4 is 5.69 Å². The summed E-state index contributed by atoms with van der Waals surface area (Å²) in [7, 11) is 1.94. The van der Waals surface area contributed by atoms with E-state index in [2.05, 4.69) is 66.9 Å². The van der Waals surface area contributed by atoms with Crippen molar-refractivity contribution in [3.05, 3.63) is 64.7 Å². The van der Waals surface area contributed by atoms with Crippen LogP contribution in [0.1, 0.15) is 22.3 Å². The molecule has 0 aliphatic heterocycles. The number of anilines is 1. The van der Waals surface area contributed by atoms with Crippen molar-refractivity contribution in [1.29, 1.82) is 0 Å². The number of benzene rings is 2. The number of hydrogen-bond acceptors (Lipinski definition) is 2. The molecule has 0 aliphatic carbocycles. The summed E-state index contributed by atoms with van der Waals surface area (Å²) in [6.07, 6.45) is 1.08. The minimum absolute atomic E-state index is 0.925. The number of nitrogens with one attached hydrogen (secondary N) is 2. The molecule has 0 heterocycles. The van der Waals surface area contributed by atoms with Gasteiger partial charge in [0.1, 0.15) is 0 Å². The van der Waals surface area contributed by atoms with Crippen molar-refractivity contribution in [1.82, 2.24) is 5.32 Å². The Labute approximate surface area is 122 Å². The first-order valence-electron chi connectivity index (χ1n) is 7.22. The number of hydrogen-bond donors (Lipinski definition) is 2. The number of rotatable bonds is 6. The lowest BCUT2D eigenvalue weighted by molar-refractivity contribution is 0.687. The Morgan fingerprint density at radius 1 is 0.850 bits per heavy atom. The van der Waals surface area contributed by atoms with Gasteiger partial charge in [-0.15, -0.1) is 0 Å². The Hall–Kier alpha value is -1.80. The summed E-state index contributed by atoms with van der Waals surface area (Å²) in [5, 5.41) is 6.63. The molecule has 0 aliphatic rings. The monoisotopic (exact) mass is 268 g/mol. The van der Waals surface area contributed by atoms with Gasteiger partial charge in [0.15, 0.2) is 0 Å². The van der Waals surface area contributed by atoms with Crippen LogP contribution in [0.15, 0.2) is 42.5 Å². The van der Waals surface area contributed by atoms with Gasteiger partial charge >= 0.3 is 0 Å². The van der Waals surface area contributed by atoms with E-state index >= 15 is 0 Å². The van der Waals surface area contributed by atoms with E-state index < -0.39 is 0 Å². The average molecular weight is 268 g/mol. The molecule has 2 nitrogen and oxygen atoms in total. The van der Waals surface area contributed by atoms with Crippen LogP contribution in [0.4, 0.5) is 5.69 Å². The molecule has 2 N–H and O–H groups in total. The van der Waals surface area contributed by atoms with Crippen LogP contribution >= 0.6 is 0 Å². The van der Waals surface area contributed by atoms with Gasteiger partial charge in [0.2, 0.25) is 0 Å². The summed E-state index contributed by atoms with van der Waals surface area (Å²) in [5.41, 5.74) is 6.63. The molecule has 2 heteroatoms. The number of aryl methyl sites for hydroxylation is 2. The van der Waals surface area contributed by atoms with Crippen LogP contribution in [0, 0.1) is 13.8 Å². The molecule has 0 saturated heterocycles. The van der Waals surface area contributed by atoms with Crippen LogP contribution in [-0.2, 0) is 13.0 Å². The van der Waals surface area contributed by atoms with E-state index in [1.165, 1.54) is 22.3 Å². The normalized spacial score (nSPS) is 10.6. The fourth-order valence-electron chi connectivity index (χ4n) is 2.21. The molecule has 0 spiro atoms. The minimum Gasteiger partial charge on any atom is -0.388 e. The molecule has 0 radical (unpaired) electrons.